The minimum atomic E-state index is -0.150. The minimum absolute atomic E-state index is 0.150. The van der Waals surface area contributed by atoms with E-state index in [-0.39, 0.29) is 6.04 Å². The highest BCUT2D eigenvalue weighted by molar-refractivity contribution is 7.99. The largest absolute Gasteiger partial charge is 0.299 e. The second kappa shape index (κ2) is 6.74. The number of rotatable bonds is 5. The number of hydrogen-bond donors (Lipinski definition) is 1. The van der Waals surface area contributed by atoms with Crippen molar-refractivity contribution in [2.24, 2.45) is 0 Å². The zero-order chi connectivity index (χ0) is 12.0. The van der Waals surface area contributed by atoms with Crippen LogP contribution in [-0.2, 0) is 0 Å². The van der Waals surface area contributed by atoms with Crippen LogP contribution in [0.2, 0.25) is 5.02 Å². The second-order valence-electron chi connectivity index (χ2n) is 3.63. The molecule has 0 aliphatic rings. The quantitative estimate of drug-likeness (QED) is 0.822. The first kappa shape index (κ1) is 13.3. The van der Waals surface area contributed by atoms with Gasteiger partial charge in [0.1, 0.15) is 6.04 Å². The molecule has 16 heavy (non-hydrogen) atoms. The average molecular weight is 256 g/mol. The van der Waals surface area contributed by atoms with Crippen molar-refractivity contribution in [2.75, 3.05) is 5.75 Å². The Balaban J connectivity index is 2.44. The third-order valence-corrected chi connectivity index (χ3v) is 3.05. The van der Waals surface area contributed by atoms with Crippen LogP contribution in [0.1, 0.15) is 13.8 Å². The Morgan fingerprint density at radius 1 is 1.56 bits per heavy atom. The minimum Gasteiger partial charge on any atom is -0.299 e. The van der Waals surface area contributed by atoms with Gasteiger partial charge in [-0.3, -0.25) is 5.32 Å². The molecule has 0 bridgehead atoms. The molecule has 0 amide bonds. The van der Waals surface area contributed by atoms with Gasteiger partial charge in [0.05, 0.1) is 16.1 Å². The summed E-state index contributed by atoms with van der Waals surface area (Å²) in [5, 5.41) is 13.6. The van der Waals surface area contributed by atoms with Crippen molar-refractivity contribution in [1.82, 2.24) is 10.3 Å². The van der Waals surface area contributed by atoms with Crippen LogP contribution in [-0.4, -0.2) is 22.8 Å². The van der Waals surface area contributed by atoms with Crippen LogP contribution < -0.4 is 5.32 Å². The van der Waals surface area contributed by atoms with Gasteiger partial charge < -0.3 is 0 Å². The molecule has 0 saturated carbocycles. The Bertz CT molecular complexity index is 358. The predicted molar refractivity (Wildman–Crippen MR) is 67.6 cm³/mol. The van der Waals surface area contributed by atoms with Gasteiger partial charge in [-0.25, -0.2) is 4.98 Å². The van der Waals surface area contributed by atoms with E-state index in [0.29, 0.717) is 16.8 Å². The van der Waals surface area contributed by atoms with Crippen molar-refractivity contribution in [1.29, 1.82) is 5.26 Å². The predicted octanol–water partition coefficient (Wildman–Crippen LogP) is 2.72. The Hall–Kier alpha value is -0.760. The molecule has 1 N–H and O–H groups in total. The number of halogens is 1. The van der Waals surface area contributed by atoms with Crippen LogP contribution in [0.5, 0.6) is 0 Å². The van der Waals surface area contributed by atoms with Crippen molar-refractivity contribution in [3.8, 4) is 6.07 Å². The first-order chi connectivity index (χ1) is 7.61. The van der Waals surface area contributed by atoms with E-state index in [0.717, 1.165) is 5.03 Å². The summed E-state index contributed by atoms with van der Waals surface area (Å²) in [4.78, 5) is 4.16. The smallest absolute Gasteiger partial charge is 0.105 e. The molecule has 0 radical (unpaired) electrons. The van der Waals surface area contributed by atoms with Crippen LogP contribution >= 0.6 is 23.4 Å². The summed E-state index contributed by atoms with van der Waals surface area (Å²) in [6.07, 6.45) is 1.61. The summed E-state index contributed by atoms with van der Waals surface area (Å²) in [6.45, 7) is 4.05. The number of nitrogens with one attached hydrogen (secondary N) is 1. The van der Waals surface area contributed by atoms with E-state index in [9.17, 15) is 0 Å². The van der Waals surface area contributed by atoms with E-state index in [2.05, 4.69) is 16.4 Å². The van der Waals surface area contributed by atoms with Gasteiger partial charge in [0.15, 0.2) is 0 Å². The average Bonchev–Trinajstić information content (AvgIpc) is 2.26. The molecule has 5 heteroatoms. The second-order valence-corrected chi connectivity index (χ2v) is 5.11. The fourth-order valence-electron chi connectivity index (χ4n) is 1.14. The molecule has 1 rings (SSSR count). The first-order valence-electron chi connectivity index (χ1n) is 5.02. The fraction of sp³-hybridized carbons (Fsp3) is 0.455. The van der Waals surface area contributed by atoms with Gasteiger partial charge in [-0.05, 0) is 26.0 Å². The lowest BCUT2D eigenvalue weighted by Gasteiger charge is -2.13. The Labute approximate surface area is 105 Å². The monoisotopic (exact) mass is 255 g/mol. The number of pyridine rings is 1. The molecule has 1 unspecified atom stereocenters. The van der Waals surface area contributed by atoms with E-state index in [1.807, 2.05) is 19.9 Å². The normalized spacial score (nSPS) is 12.4. The van der Waals surface area contributed by atoms with Crippen molar-refractivity contribution >= 4 is 23.4 Å². The third-order valence-electron chi connectivity index (χ3n) is 1.79. The maximum absolute atomic E-state index is 8.93. The number of nitrogens with zero attached hydrogens (tertiary/aromatic N) is 2. The van der Waals surface area contributed by atoms with Crippen molar-refractivity contribution in [3.63, 3.8) is 0 Å². The van der Waals surface area contributed by atoms with Gasteiger partial charge in [0.2, 0.25) is 0 Å². The Kier molecular flexibility index (Phi) is 5.61. The van der Waals surface area contributed by atoms with Gasteiger partial charge in [0, 0.05) is 18.0 Å². The van der Waals surface area contributed by atoms with Crippen molar-refractivity contribution in [3.05, 3.63) is 23.4 Å². The van der Waals surface area contributed by atoms with E-state index in [1.54, 1.807) is 24.0 Å². The molecule has 0 aliphatic carbocycles. The summed E-state index contributed by atoms with van der Waals surface area (Å²) < 4.78 is 0. The molecule has 86 valence electrons. The Morgan fingerprint density at radius 3 is 2.81 bits per heavy atom. The standard InChI is InChI=1S/C11H14ClN3S/c1-8(2)15-10(5-13)7-16-11-4-3-9(12)6-14-11/h3-4,6,8,10,15H,7H2,1-2H3. The highest BCUT2D eigenvalue weighted by atomic mass is 35.5. The summed E-state index contributed by atoms with van der Waals surface area (Å²) in [6, 6.07) is 6.05. The zero-order valence-corrected chi connectivity index (χ0v) is 10.8. The number of thioether (sulfide) groups is 1. The molecular weight excluding hydrogens is 242 g/mol. The van der Waals surface area contributed by atoms with Crippen LogP contribution in [0.4, 0.5) is 0 Å². The molecular formula is C11H14ClN3S. The molecule has 0 aliphatic heterocycles. The molecule has 3 nitrogen and oxygen atoms in total. The van der Waals surface area contributed by atoms with Gasteiger partial charge in [-0.2, -0.15) is 5.26 Å². The highest BCUT2D eigenvalue weighted by Gasteiger charge is 2.09. The first-order valence-corrected chi connectivity index (χ1v) is 6.38. The lowest BCUT2D eigenvalue weighted by atomic mass is 10.3. The topological polar surface area (TPSA) is 48.7 Å². The highest BCUT2D eigenvalue weighted by Crippen LogP contribution is 2.17. The molecule has 1 aromatic heterocycles. The van der Waals surface area contributed by atoms with Crippen LogP contribution in [0.25, 0.3) is 0 Å². The summed E-state index contributed by atoms with van der Waals surface area (Å²) in [5.74, 6) is 0.684. The molecule has 0 saturated heterocycles. The van der Waals surface area contributed by atoms with Crippen molar-refractivity contribution in [2.45, 2.75) is 31.0 Å². The molecule has 0 aromatic carbocycles. The van der Waals surface area contributed by atoms with Gasteiger partial charge in [0.25, 0.3) is 0 Å². The SMILES string of the molecule is CC(C)NC(C#N)CSc1ccc(Cl)cn1. The summed E-state index contributed by atoms with van der Waals surface area (Å²) in [5.41, 5.74) is 0. The summed E-state index contributed by atoms with van der Waals surface area (Å²) >= 11 is 7.28. The van der Waals surface area contributed by atoms with Gasteiger partial charge in [-0.15, -0.1) is 11.8 Å². The van der Waals surface area contributed by atoms with Gasteiger partial charge >= 0.3 is 0 Å². The third kappa shape index (κ3) is 4.84. The van der Waals surface area contributed by atoms with E-state index in [4.69, 9.17) is 16.9 Å². The number of nitriles is 1. The molecule has 0 fully saturated rings. The lowest BCUT2D eigenvalue weighted by Crippen LogP contribution is -2.35. The van der Waals surface area contributed by atoms with E-state index >= 15 is 0 Å². The maximum atomic E-state index is 8.93. The number of aromatic nitrogens is 1. The van der Waals surface area contributed by atoms with E-state index < -0.39 is 0 Å². The summed E-state index contributed by atoms with van der Waals surface area (Å²) in [7, 11) is 0. The molecule has 1 atom stereocenters. The van der Waals surface area contributed by atoms with Crippen LogP contribution in [0.15, 0.2) is 23.4 Å². The van der Waals surface area contributed by atoms with E-state index in [1.165, 1.54) is 0 Å². The number of hydrogen-bond acceptors (Lipinski definition) is 4. The molecule has 0 spiro atoms. The fourth-order valence-corrected chi connectivity index (χ4v) is 2.05. The molecule has 1 aromatic rings. The lowest BCUT2D eigenvalue weighted by molar-refractivity contribution is 0.560. The maximum Gasteiger partial charge on any atom is 0.105 e. The van der Waals surface area contributed by atoms with Gasteiger partial charge in [-0.1, -0.05) is 11.6 Å². The van der Waals surface area contributed by atoms with Crippen LogP contribution in [0, 0.1) is 11.3 Å². The van der Waals surface area contributed by atoms with Crippen LogP contribution in [0.3, 0.4) is 0 Å². The van der Waals surface area contributed by atoms with Crippen molar-refractivity contribution < 1.29 is 0 Å². The molecule has 1 heterocycles. The zero-order valence-electron chi connectivity index (χ0n) is 9.27. The Morgan fingerprint density at radius 2 is 2.31 bits per heavy atom.